The van der Waals surface area contributed by atoms with Crippen molar-refractivity contribution in [3.05, 3.63) is 17.9 Å². The van der Waals surface area contributed by atoms with Crippen LogP contribution in [0.25, 0.3) is 11.0 Å². The molecule has 7 heteroatoms. The van der Waals surface area contributed by atoms with Gasteiger partial charge in [-0.3, -0.25) is 9.59 Å². The highest BCUT2D eigenvalue weighted by molar-refractivity contribution is 6.13. The Kier molecular flexibility index (Phi) is 4.55. The van der Waals surface area contributed by atoms with Crippen molar-refractivity contribution >= 4 is 22.7 Å². The Bertz CT molecular complexity index is 714. The van der Waals surface area contributed by atoms with Crippen molar-refractivity contribution in [2.24, 2.45) is 0 Å². The predicted octanol–water partition coefficient (Wildman–Crippen LogP) is 2.29. The maximum Gasteiger partial charge on any atom is 0.313 e. The smallest absolute Gasteiger partial charge is 0.313 e. The van der Waals surface area contributed by atoms with Gasteiger partial charge in [0.25, 0.3) is 0 Å². The summed E-state index contributed by atoms with van der Waals surface area (Å²) in [4.78, 5) is 23.8. The van der Waals surface area contributed by atoms with Crippen LogP contribution in [0.1, 0.15) is 23.7 Å². The lowest BCUT2D eigenvalue weighted by molar-refractivity contribution is -0.141. The number of Topliss-reactive ketones (excluding diaryl/α,β-unsaturated/α-hetero) is 1. The Morgan fingerprint density at radius 1 is 1.23 bits per heavy atom. The van der Waals surface area contributed by atoms with E-state index >= 15 is 0 Å². The van der Waals surface area contributed by atoms with E-state index in [4.69, 9.17) is 18.6 Å². The van der Waals surface area contributed by atoms with Crippen LogP contribution in [0.5, 0.6) is 17.2 Å². The summed E-state index contributed by atoms with van der Waals surface area (Å²) in [6, 6.07) is 1.58. The number of ketones is 1. The van der Waals surface area contributed by atoms with Gasteiger partial charge in [-0.25, -0.2) is 0 Å². The summed E-state index contributed by atoms with van der Waals surface area (Å²) in [6.07, 6.45) is 0.874. The van der Waals surface area contributed by atoms with E-state index in [9.17, 15) is 14.7 Å². The van der Waals surface area contributed by atoms with E-state index in [1.807, 2.05) is 0 Å². The van der Waals surface area contributed by atoms with Gasteiger partial charge in [-0.1, -0.05) is 0 Å². The fourth-order valence-corrected chi connectivity index (χ4v) is 2.22. The number of benzene rings is 1. The molecule has 1 aromatic heterocycles. The van der Waals surface area contributed by atoms with Gasteiger partial charge in [-0.2, -0.15) is 0 Å². The number of rotatable bonds is 6. The number of methoxy groups -OCH3 is 2. The van der Waals surface area contributed by atoms with Gasteiger partial charge in [0.05, 0.1) is 32.5 Å². The SMILES string of the molecule is CCOC(=O)CC(=O)c1c(O)c(OC)c2occc2c1OC. The van der Waals surface area contributed by atoms with E-state index in [1.165, 1.54) is 20.5 Å². The number of carbonyl (C=O) groups is 2. The number of esters is 1. The molecule has 0 bridgehead atoms. The summed E-state index contributed by atoms with van der Waals surface area (Å²) in [7, 11) is 2.69. The molecule has 0 aliphatic heterocycles. The monoisotopic (exact) mass is 308 g/mol. The van der Waals surface area contributed by atoms with Crippen molar-refractivity contribution in [2.45, 2.75) is 13.3 Å². The molecule has 0 aliphatic carbocycles. The molecule has 2 rings (SSSR count). The molecule has 1 heterocycles. The lowest BCUT2D eigenvalue weighted by Crippen LogP contribution is -2.13. The number of aromatic hydroxyl groups is 1. The number of carbonyl (C=O) groups excluding carboxylic acids is 2. The second kappa shape index (κ2) is 6.38. The van der Waals surface area contributed by atoms with Crippen molar-refractivity contribution in [3.8, 4) is 17.2 Å². The van der Waals surface area contributed by atoms with E-state index < -0.39 is 23.9 Å². The van der Waals surface area contributed by atoms with E-state index in [2.05, 4.69) is 0 Å². The first-order valence-electron chi connectivity index (χ1n) is 6.58. The minimum absolute atomic E-state index is 0.00742. The molecule has 1 N–H and O–H groups in total. The largest absolute Gasteiger partial charge is 0.504 e. The zero-order valence-corrected chi connectivity index (χ0v) is 12.5. The fraction of sp³-hybridized carbons (Fsp3) is 0.333. The first-order valence-corrected chi connectivity index (χ1v) is 6.58. The molecule has 22 heavy (non-hydrogen) atoms. The van der Waals surface area contributed by atoms with E-state index in [0.29, 0.717) is 5.39 Å². The minimum Gasteiger partial charge on any atom is -0.504 e. The Hall–Kier alpha value is -2.70. The lowest BCUT2D eigenvalue weighted by atomic mass is 10.0. The zero-order chi connectivity index (χ0) is 16.3. The van der Waals surface area contributed by atoms with Crippen molar-refractivity contribution in [2.75, 3.05) is 20.8 Å². The molecule has 0 aliphatic rings. The van der Waals surface area contributed by atoms with Crippen LogP contribution in [-0.4, -0.2) is 37.7 Å². The highest BCUT2D eigenvalue weighted by atomic mass is 16.5. The molecular formula is C15H16O7. The van der Waals surface area contributed by atoms with Crippen LogP contribution >= 0.6 is 0 Å². The van der Waals surface area contributed by atoms with Gasteiger partial charge >= 0.3 is 5.97 Å². The number of phenolic OH excluding ortho intramolecular Hbond substituents is 1. The minimum atomic E-state index is -0.680. The first kappa shape index (κ1) is 15.7. The molecule has 0 saturated carbocycles. The van der Waals surface area contributed by atoms with E-state index in [-0.39, 0.29) is 29.3 Å². The predicted molar refractivity (Wildman–Crippen MR) is 76.6 cm³/mol. The first-order chi connectivity index (χ1) is 10.5. The van der Waals surface area contributed by atoms with Crippen LogP contribution < -0.4 is 9.47 Å². The van der Waals surface area contributed by atoms with Crippen LogP contribution in [0.15, 0.2) is 16.7 Å². The van der Waals surface area contributed by atoms with Crippen molar-refractivity contribution in [3.63, 3.8) is 0 Å². The van der Waals surface area contributed by atoms with Gasteiger partial charge < -0.3 is 23.7 Å². The summed E-state index contributed by atoms with van der Waals surface area (Å²) < 4.78 is 20.3. The second-order valence-electron chi connectivity index (χ2n) is 4.36. The van der Waals surface area contributed by atoms with E-state index in [0.717, 1.165) is 0 Å². The molecule has 0 atom stereocenters. The van der Waals surface area contributed by atoms with Gasteiger partial charge in [0.2, 0.25) is 5.75 Å². The summed E-state index contributed by atoms with van der Waals surface area (Å²) in [5.41, 5.74) is 0.117. The number of hydrogen-bond donors (Lipinski definition) is 1. The average molecular weight is 308 g/mol. The Morgan fingerprint density at radius 3 is 2.50 bits per heavy atom. The molecule has 7 nitrogen and oxygen atoms in total. The molecule has 0 amide bonds. The molecular weight excluding hydrogens is 292 g/mol. The van der Waals surface area contributed by atoms with Crippen molar-refractivity contribution in [1.82, 2.24) is 0 Å². The van der Waals surface area contributed by atoms with Crippen LogP contribution in [0.4, 0.5) is 0 Å². The van der Waals surface area contributed by atoms with Gasteiger partial charge in [0, 0.05) is 0 Å². The van der Waals surface area contributed by atoms with Crippen molar-refractivity contribution in [1.29, 1.82) is 0 Å². The molecule has 1 aromatic carbocycles. The number of hydrogen-bond acceptors (Lipinski definition) is 7. The van der Waals surface area contributed by atoms with E-state index in [1.54, 1.807) is 13.0 Å². The van der Waals surface area contributed by atoms with Crippen LogP contribution in [0.3, 0.4) is 0 Å². The maximum atomic E-state index is 12.3. The van der Waals surface area contributed by atoms with Gasteiger partial charge in [-0.05, 0) is 13.0 Å². The number of furan rings is 1. The highest BCUT2D eigenvalue weighted by Crippen LogP contribution is 2.46. The van der Waals surface area contributed by atoms with Gasteiger partial charge in [0.15, 0.2) is 17.1 Å². The third kappa shape index (κ3) is 2.57. The van der Waals surface area contributed by atoms with Gasteiger partial charge in [0.1, 0.15) is 17.7 Å². The second-order valence-corrected chi connectivity index (χ2v) is 4.36. The molecule has 0 radical (unpaired) electrons. The standard InChI is InChI=1S/C15H16O7/c1-4-21-10(17)7-9(16)11-12(18)15(20-3)14-8(5-6-22-14)13(11)19-2/h5-6,18H,4,7H2,1-3H3. The molecule has 0 unspecified atom stereocenters. The molecule has 118 valence electrons. The van der Waals surface area contributed by atoms with Crippen molar-refractivity contribution < 1.29 is 33.3 Å². The lowest BCUT2D eigenvalue weighted by Gasteiger charge is -2.13. The Balaban J connectivity index is 2.58. The summed E-state index contributed by atoms with van der Waals surface area (Å²) >= 11 is 0. The van der Waals surface area contributed by atoms with Crippen LogP contribution in [-0.2, 0) is 9.53 Å². The maximum absolute atomic E-state index is 12.3. The number of fused-ring (bicyclic) bond motifs is 1. The number of ether oxygens (including phenoxy) is 3. The van der Waals surface area contributed by atoms with Gasteiger partial charge in [-0.15, -0.1) is 0 Å². The highest BCUT2D eigenvalue weighted by Gasteiger charge is 2.28. The topological polar surface area (TPSA) is 95.2 Å². The Labute approximate surface area is 126 Å². The normalized spacial score (nSPS) is 10.5. The molecule has 0 spiro atoms. The summed E-state index contributed by atoms with van der Waals surface area (Å²) in [6.45, 7) is 1.81. The van der Waals surface area contributed by atoms with Crippen LogP contribution in [0, 0.1) is 0 Å². The zero-order valence-electron chi connectivity index (χ0n) is 12.5. The average Bonchev–Trinajstić information content (AvgIpc) is 2.94. The summed E-state index contributed by atoms with van der Waals surface area (Å²) in [5, 5.41) is 10.8. The molecule has 2 aromatic rings. The molecule has 0 saturated heterocycles. The quantitative estimate of drug-likeness (QED) is 0.497. The fourth-order valence-electron chi connectivity index (χ4n) is 2.22. The number of phenols is 1. The third-order valence-electron chi connectivity index (χ3n) is 3.09. The Morgan fingerprint density at radius 2 is 1.91 bits per heavy atom. The summed E-state index contributed by atoms with van der Waals surface area (Å²) in [5.74, 6) is -1.62. The third-order valence-corrected chi connectivity index (χ3v) is 3.09. The van der Waals surface area contributed by atoms with Crippen LogP contribution in [0.2, 0.25) is 0 Å². The molecule has 0 fully saturated rings.